The van der Waals surface area contributed by atoms with Crippen molar-refractivity contribution in [3.63, 3.8) is 0 Å². The summed E-state index contributed by atoms with van der Waals surface area (Å²) in [4.78, 5) is 0. The number of nitrogens with one attached hydrogen (secondary N) is 1. The van der Waals surface area contributed by atoms with Crippen molar-refractivity contribution in [3.8, 4) is 0 Å². The van der Waals surface area contributed by atoms with Gasteiger partial charge in [-0.05, 0) is 24.3 Å². The van der Waals surface area contributed by atoms with E-state index in [1.807, 2.05) is 23.1 Å². The van der Waals surface area contributed by atoms with Crippen molar-refractivity contribution in [1.82, 2.24) is 15.1 Å². The molecule has 72 valence electrons. The molecule has 3 nitrogen and oxygen atoms in total. The lowest BCUT2D eigenvalue weighted by Crippen LogP contribution is -2.25. The highest BCUT2D eigenvalue weighted by Gasteiger charge is 2.36. The molecule has 1 saturated carbocycles. The van der Waals surface area contributed by atoms with E-state index in [0.29, 0.717) is 5.41 Å². The first-order valence-electron chi connectivity index (χ1n) is 4.97. The van der Waals surface area contributed by atoms with Crippen molar-refractivity contribution < 1.29 is 0 Å². The molecular formula is C10H17N3. The van der Waals surface area contributed by atoms with Gasteiger partial charge in [0, 0.05) is 25.5 Å². The molecule has 0 bridgehead atoms. The number of aromatic nitrogens is 2. The third-order valence-corrected chi connectivity index (χ3v) is 2.73. The van der Waals surface area contributed by atoms with E-state index in [1.54, 1.807) is 0 Å². The number of hydrogen-bond donors (Lipinski definition) is 1. The van der Waals surface area contributed by atoms with Crippen LogP contribution in [0.1, 0.15) is 19.8 Å². The first kappa shape index (κ1) is 8.75. The van der Waals surface area contributed by atoms with Gasteiger partial charge in [0.05, 0.1) is 6.54 Å². The fraction of sp³-hybridized carbons (Fsp3) is 0.700. The van der Waals surface area contributed by atoms with Gasteiger partial charge in [0.15, 0.2) is 0 Å². The predicted octanol–water partition coefficient (Wildman–Crippen LogP) is 1.27. The van der Waals surface area contributed by atoms with Crippen LogP contribution in [0.15, 0.2) is 18.5 Å². The Labute approximate surface area is 79.1 Å². The Balaban J connectivity index is 1.59. The highest BCUT2D eigenvalue weighted by Crippen LogP contribution is 2.43. The lowest BCUT2D eigenvalue weighted by Gasteiger charge is -2.09. The van der Waals surface area contributed by atoms with Crippen LogP contribution in [0.25, 0.3) is 0 Å². The average Bonchev–Trinajstić information content (AvgIpc) is 2.69. The highest BCUT2D eigenvalue weighted by molar-refractivity contribution is 4.90. The molecule has 0 atom stereocenters. The van der Waals surface area contributed by atoms with Gasteiger partial charge in [-0.3, -0.25) is 4.68 Å². The van der Waals surface area contributed by atoms with Gasteiger partial charge in [0.25, 0.3) is 0 Å². The smallest absolute Gasteiger partial charge is 0.0533 e. The van der Waals surface area contributed by atoms with Gasteiger partial charge in [0.1, 0.15) is 0 Å². The molecule has 0 unspecified atom stereocenters. The van der Waals surface area contributed by atoms with E-state index in [9.17, 15) is 0 Å². The first-order valence-corrected chi connectivity index (χ1v) is 4.97. The van der Waals surface area contributed by atoms with Gasteiger partial charge in [-0.25, -0.2) is 0 Å². The minimum Gasteiger partial charge on any atom is -0.314 e. The summed E-state index contributed by atoms with van der Waals surface area (Å²) in [5.74, 6) is 0. The second-order valence-corrected chi connectivity index (χ2v) is 4.26. The third-order valence-electron chi connectivity index (χ3n) is 2.73. The van der Waals surface area contributed by atoms with E-state index >= 15 is 0 Å². The number of hydrogen-bond acceptors (Lipinski definition) is 2. The molecular weight excluding hydrogens is 162 g/mol. The lowest BCUT2D eigenvalue weighted by molar-refractivity contribution is 0.473. The van der Waals surface area contributed by atoms with Crippen molar-refractivity contribution in [2.24, 2.45) is 5.41 Å². The van der Waals surface area contributed by atoms with E-state index < -0.39 is 0 Å². The topological polar surface area (TPSA) is 29.9 Å². The van der Waals surface area contributed by atoms with Gasteiger partial charge >= 0.3 is 0 Å². The standard InChI is InChI=1S/C10H17N3/c1-10(3-4-10)9-11-6-8-13-7-2-5-12-13/h2,5,7,11H,3-4,6,8-9H2,1H3. The normalized spacial score (nSPS) is 18.8. The van der Waals surface area contributed by atoms with Gasteiger partial charge in [0.2, 0.25) is 0 Å². The molecule has 2 rings (SSSR count). The summed E-state index contributed by atoms with van der Waals surface area (Å²) in [5, 5.41) is 7.61. The molecule has 1 heterocycles. The molecule has 1 aliphatic rings. The summed E-state index contributed by atoms with van der Waals surface area (Å²) < 4.78 is 1.96. The molecule has 1 N–H and O–H groups in total. The Kier molecular flexibility index (Phi) is 2.36. The Bertz CT molecular complexity index is 249. The number of nitrogens with zero attached hydrogens (tertiary/aromatic N) is 2. The molecule has 0 aromatic carbocycles. The largest absolute Gasteiger partial charge is 0.314 e. The van der Waals surface area contributed by atoms with Crippen LogP contribution in [0.3, 0.4) is 0 Å². The molecule has 0 saturated heterocycles. The summed E-state index contributed by atoms with van der Waals surface area (Å²) in [6.07, 6.45) is 6.60. The van der Waals surface area contributed by atoms with Crippen LogP contribution in [0.5, 0.6) is 0 Å². The van der Waals surface area contributed by atoms with Gasteiger partial charge in [-0.15, -0.1) is 0 Å². The van der Waals surface area contributed by atoms with Gasteiger partial charge in [-0.2, -0.15) is 5.10 Å². The Hall–Kier alpha value is -0.830. The zero-order chi connectivity index (χ0) is 9.15. The maximum Gasteiger partial charge on any atom is 0.0533 e. The summed E-state index contributed by atoms with van der Waals surface area (Å²) in [7, 11) is 0. The van der Waals surface area contributed by atoms with E-state index in [-0.39, 0.29) is 0 Å². The monoisotopic (exact) mass is 179 g/mol. The van der Waals surface area contributed by atoms with E-state index in [1.165, 1.54) is 12.8 Å². The maximum absolute atomic E-state index is 4.14. The molecule has 1 aromatic heterocycles. The Morgan fingerprint density at radius 1 is 1.54 bits per heavy atom. The summed E-state index contributed by atoms with van der Waals surface area (Å²) in [6, 6.07) is 1.96. The third kappa shape index (κ3) is 2.56. The van der Waals surface area contributed by atoms with Crippen LogP contribution in [0.4, 0.5) is 0 Å². The fourth-order valence-corrected chi connectivity index (χ4v) is 1.41. The van der Waals surface area contributed by atoms with Crippen molar-refractivity contribution >= 4 is 0 Å². The van der Waals surface area contributed by atoms with Crippen molar-refractivity contribution in [3.05, 3.63) is 18.5 Å². The summed E-state index contributed by atoms with van der Waals surface area (Å²) in [5.41, 5.74) is 0.615. The number of rotatable bonds is 5. The second-order valence-electron chi connectivity index (χ2n) is 4.26. The molecule has 0 amide bonds. The molecule has 1 aromatic rings. The maximum atomic E-state index is 4.14. The molecule has 3 heteroatoms. The van der Waals surface area contributed by atoms with Crippen LogP contribution < -0.4 is 5.32 Å². The molecule has 0 spiro atoms. The van der Waals surface area contributed by atoms with Crippen LogP contribution >= 0.6 is 0 Å². The SMILES string of the molecule is CC1(CNCCn2cccn2)CC1. The van der Waals surface area contributed by atoms with Crippen LogP contribution in [0, 0.1) is 5.41 Å². The van der Waals surface area contributed by atoms with Gasteiger partial charge < -0.3 is 5.32 Å². The molecule has 0 aliphatic heterocycles. The minimum absolute atomic E-state index is 0.615. The van der Waals surface area contributed by atoms with E-state index in [0.717, 1.165) is 19.6 Å². The molecule has 0 radical (unpaired) electrons. The van der Waals surface area contributed by atoms with E-state index in [2.05, 4.69) is 17.3 Å². The molecule has 1 aliphatic carbocycles. The first-order chi connectivity index (χ1) is 6.29. The molecule has 1 fully saturated rings. The van der Waals surface area contributed by atoms with Crippen molar-refractivity contribution in [2.45, 2.75) is 26.3 Å². The molecule has 13 heavy (non-hydrogen) atoms. The average molecular weight is 179 g/mol. The van der Waals surface area contributed by atoms with E-state index in [4.69, 9.17) is 0 Å². The second kappa shape index (κ2) is 3.50. The Morgan fingerprint density at radius 3 is 3.00 bits per heavy atom. The fourth-order valence-electron chi connectivity index (χ4n) is 1.41. The minimum atomic E-state index is 0.615. The highest BCUT2D eigenvalue weighted by atomic mass is 15.3. The van der Waals surface area contributed by atoms with Crippen LogP contribution in [-0.2, 0) is 6.54 Å². The zero-order valence-corrected chi connectivity index (χ0v) is 8.16. The Morgan fingerprint density at radius 2 is 2.38 bits per heavy atom. The van der Waals surface area contributed by atoms with Gasteiger partial charge in [-0.1, -0.05) is 6.92 Å². The summed E-state index contributed by atoms with van der Waals surface area (Å²) in [6.45, 7) is 5.50. The van der Waals surface area contributed by atoms with Crippen LogP contribution in [0.2, 0.25) is 0 Å². The van der Waals surface area contributed by atoms with Crippen molar-refractivity contribution in [2.75, 3.05) is 13.1 Å². The van der Waals surface area contributed by atoms with Crippen molar-refractivity contribution in [1.29, 1.82) is 0 Å². The quantitative estimate of drug-likeness (QED) is 0.690. The predicted molar refractivity (Wildman–Crippen MR) is 52.4 cm³/mol. The lowest BCUT2D eigenvalue weighted by atomic mass is 10.1. The summed E-state index contributed by atoms with van der Waals surface area (Å²) >= 11 is 0. The zero-order valence-electron chi connectivity index (χ0n) is 8.16. The van der Waals surface area contributed by atoms with Crippen LogP contribution in [-0.4, -0.2) is 22.9 Å².